The lowest BCUT2D eigenvalue weighted by atomic mass is 10.2. The van der Waals surface area contributed by atoms with Crippen LogP contribution in [0.2, 0.25) is 0 Å². The lowest BCUT2D eigenvalue weighted by Gasteiger charge is -2.31. The van der Waals surface area contributed by atoms with Gasteiger partial charge in [0.15, 0.2) is 0 Å². The summed E-state index contributed by atoms with van der Waals surface area (Å²) in [6.45, 7) is -0.810. The number of fused-ring (bicyclic) bond motifs is 1. The smallest absolute Gasteiger partial charge is 0.330 e. The van der Waals surface area contributed by atoms with Gasteiger partial charge in [0.2, 0.25) is 0 Å². The largest absolute Gasteiger partial charge is 0.349 e. The number of nitrogens with zero attached hydrogens (tertiary/aromatic N) is 1. The fraction of sp³-hybridized carbons (Fsp3) is 0.636. The first kappa shape index (κ1) is 15.1. The van der Waals surface area contributed by atoms with Gasteiger partial charge in [-0.1, -0.05) is 0 Å². The molecule has 10 heteroatoms. The van der Waals surface area contributed by atoms with Gasteiger partial charge in [0.25, 0.3) is 5.56 Å². The lowest BCUT2D eigenvalue weighted by molar-refractivity contribution is -0.0615. The van der Waals surface area contributed by atoms with Crippen molar-refractivity contribution >= 4 is 18.5 Å². The van der Waals surface area contributed by atoms with Gasteiger partial charge >= 0.3 is 12.4 Å². The molecule has 0 saturated carbocycles. The highest BCUT2D eigenvalue weighted by atomic mass is 32.5. The molecule has 0 amide bonds. The fourth-order valence-corrected chi connectivity index (χ4v) is 4.04. The van der Waals surface area contributed by atoms with Gasteiger partial charge in [0.1, 0.15) is 12.3 Å². The van der Waals surface area contributed by atoms with Crippen LogP contribution in [-0.2, 0) is 30.1 Å². The first-order valence-electron chi connectivity index (χ1n) is 6.38. The molecule has 0 aromatic carbocycles. The molecule has 3 heterocycles. The van der Waals surface area contributed by atoms with Crippen LogP contribution >= 0.6 is 6.72 Å². The molecule has 0 bridgehead atoms. The SMILES string of the molecule is COP1(=S)OC[C@H]2OC(n3cc(C)c(=O)[nH]c3=O)CC2O1. The zero-order valence-corrected chi connectivity index (χ0v) is 13.2. The average Bonchev–Trinajstić information content (AvgIpc) is 2.85. The maximum atomic E-state index is 11.9. The van der Waals surface area contributed by atoms with Crippen molar-refractivity contribution in [3.05, 3.63) is 32.6 Å². The summed E-state index contributed by atoms with van der Waals surface area (Å²) in [6, 6.07) is 0. The third-order valence-electron chi connectivity index (χ3n) is 3.52. The Bertz CT molecular complexity index is 715. The molecule has 0 spiro atoms. The third kappa shape index (κ3) is 2.77. The predicted octanol–water partition coefficient (Wildman–Crippen LogP) is 0.419. The number of aromatic nitrogens is 2. The van der Waals surface area contributed by atoms with Crippen molar-refractivity contribution in [3.63, 3.8) is 0 Å². The van der Waals surface area contributed by atoms with E-state index in [1.807, 2.05) is 0 Å². The first-order valence-corrected chi connectivity index (χ1v) is 8.94. The Morgan fingerprint density at radius 1 is 1.48 bits per heavy atom. The van der Waals surface area contributed by atoms with Crippen LogP contribution in [-0.4, -0.2) is 35.5 Å². The van der Waals surface area contributed by atoms with E-state index in [0.717, 1.165) is 0 Å². The van der Waals surface area contributed by atoms with E-state index in [2.05, 4.69) is 4.98 Å². The summed E-state index contributed by atoms with van der Waals surface area (Å²) in [5, 5.41) is 0. The molecular formula is C11H15N2O6PS. The van der Waals surface area contributed by atoms with Crippen molar-refractivity contribution in [1.29, 1.82) is 0 Å². The summed E-state index contributed by atoms with van der Waals surface area (Å²) in [4.78, 5) is 25.5. The molecule has 1 aromatic heterocycles. The number of hydrogen-bond donors (Lipinski definition) is 1. The Morgan fingerprint density at radius 2 is 2.24 bits per heavy atom. The minimum Gasteiger partial charge on any atom is -0.349 e. The van der Waals surface area contributed by atoms with Gasteiger partial charge in [-0.05, 0) is 18.7 Å². The summed E-state index contributed by atoms with van der Waals surface area (Å²) in [7, 11) is 1.45. The molecule has 8 nitrogen and oxygen atoms in total. The van der Waals surface area contributed by atoms with Crippen molar-refractivity contribution in [1.82, 2.24) is 9.55 Å². The lowest BCUT2D eigenvalue weighted by Crippen LogP contribution is -2.34. The number of aromatic amines is 1. The van der Waals surface area contributed by atoms with Crippen LogP contribution in [0.5, 0.6) is 0 Å². The quantitative estimate of drug-likeness (QED) is 0.784. The molecule has 0 aliphatic carbocycles. The Balaban J connectivity index is 1.85. The molecule has 21 heavy (non-hydrogen) atoms. The van der Waals surface area contributed by atoms with Gasteiger partial charge in [-0.3, -0.25) is 14.3 Å². The standard InChI is InChI=1S/C11H15N2O6PS/c1-6-4-13(11(15)12-10(6)14)9-3-7-8(18-9)5-17-20(21,16-2)19-7/h4,7-9H,3,5H2,1-2H3,(H,12,14,15)/t7?,8-,9?,20?/m1/s1. The van der Waals surface area contributed by atoms with Crippen LogP contribution in [0.1, 0.15) is 18.2 Å². The molecule has 2 aliphatic rings. The number of ether oxygens (including phenoxy) is 1. The molecule has 2 saturated heterocycles. The van der Waals surface area contributed by atoms with Gasteiger partial charge in [0, 0.05) is 25.3 Å². The van der Waals surface area contributed by atoms with E-state index in [-0.39, 0.29) is 18.8 Å². The van der Waals surface area contributed by atoms with Crippen LogP contribution in [0, 0.1) is 6.92 Å². The van der Waals surface area contributed by atoms with E-state index < -0.39 is 24.2 Å². The number of nitrogens with one attached hydrogen (secondary N) is 1. The molecule has 3 rings (SSSR count). The van der Waals surface area contributed by atoms with E-state index in [9.17, 15) is 9.59 Å². The normalized spacial score (nSPS) is 35.6. The van der Waals surface area contributed by atoms with Crippen LogP contribution in [0.25, 0.3) is 0 Å². The average molecular weight is 334 g/mol. The van der Waals surface area contributed by atoms with Gasteiger partial charge in [-0.25, -0.2) is 4.79 Å². The number of rotatable bonds is 2. The van der Waals surface area contributed by atoms with E-state index in [4.69, 9.17) is 30.1 Å². The topological polar surface area (TPSA) is 91.8 Å². The summed E-state index contributed by atoms with van der Waals surface area (Å²) in [6.07, 6.45) is 0.816. The minimum absolute atomic E-state index is 0.267. The van der Waals surface area contributed by atoms with Crippen LogP contribution in [0.4, 0.5) is 0 Å². The highest BCUT2D eigenvalue weighted by Crippen LogP contribution is 2.56. The maximum absolute atomic E-state index is 11.9. The van der Waals surface area contributed by atoms with Crippen molar-refractivity contribution < 1.29 is 18.3 Å². The third-order valence-corrected chi connectivity index (χ3v) is 5.98. The van der Waals surface area contributed by atoms with E-state index >= 15 is 0 Å². The summed E-state index contributed by atoms with van der Waals surface area (Å²) in [5.41, 5.74) is -0.477. The molecule has 1 aromatic rings. The molecule has 116 valence electrons. The van der Waals surface area contributed by atoms with E-state index in [0.29, 0.717) is 12.0 Å². The van der Waals surface area contributed by atoms with Gasteiger partial charge < -0.3 is 18.3 Å². The van der Waals surface area contributed by atoms with Crippen molar-refractivity contribution in [2.75, 3.05) is 13.7 Å². The summed E-state index contributed by atoms with van der Waals surface area (Å²) >= 11 is 5.17. The monoisotopic (exact) mass is 334 g/mol. The van der Waals surface area contributed by atoms with Gasteiger partial charge in [-0.2, -0.15) is 0 Å². The zero-order chi connectivity index (χ0) is 15.2. The molecule has 2 fully saturated rings. The molecule has 0 radical (unpaired) electrons. The number of H-pyrrole nitrogens is 1. The summed E-state index contributed by atoms with van der Waals surface area (Å²) < 4.78 is 23.3. The van der Waals surface area contributed by atoms with Crippen molar-refractivity contribution in [2.45, 2.75) is 31.8 Å². The number of hydrogen-bond acceptors (Lipinski definition) is 7. The minimum atomic E-state index is -2.70. The fourth-order valence-electron chi connectivity index (χ4n) is 2.39. The summed E-state index contributed by atoms with van der Waals surface area (Å²) in [5.74, 6) is 0. The van der Waals surface area contributed by atoms with E-state index in [1.165, 1.54) is 17.9 Å². The zero-order valence-electron chi connectivity index (χ0n) is 11.5. The predicted molar refractivity (Wildman–Crippen MR) is 76.7 cm³/mol. The molecular weight excluding hydrogens is 319 g/mol. The molecule has 4 atom stereocenters. The molecule has 2 aliphatic heterocycles. The van der Waals surface area contributed by atoms with Crippen molar-refractivity contribution in [2.24, 2.45) is 0 Å². The second kappa shape index (κ2) is 5.42. The second-order valence-corrected chi connectivity index (χ2v) is 7.98. The molecule has 1 N–H and O–H groups in total. The van der Waals surface area contributed by atoms with Gasteiger partial charge in [0.05, 0.1) is 12.7 Å². The number of aryl methyl sites for hydroxylation is 1. The molecule has 3 unspecified atom stereocenters. The van der Waals surface area contributed by atoms with Crippen LogP contribution in [0.3, 0.4) is 0 Å². The Hall–Kier alpha value is -0.830. The Morgan fingerprint density at radius 3 is 2.95 bits per heavy atom. The highest BCUT2D eigenvalue weighted by molar-refractivity contribution is 8.07. The van der Waals surface area contributed by atoms with Crippen LogP contribution < -0.4 is 11.2 Å². The Labute approximate surface area is 125 Å². The second-order valence-electron chi connectivity index (χ2n) is 4.91. The highest BCUT2D eigenvalue weighted by Gasteiger charge is 2.45. The Kier molecular flexibility index (Phi) is 3.89. The first-order chi connectivity index (χ1) is 9.92. The van der Waals surface area contributed by atoms with E-state index in [1.54, 1.807) is 6.92 Å². The maximum Gasteiger partial charge on any atom is 0.330 e. The van der Waals surface area contributed by atoms with Gasteiger partial charge in [-0.15, -0.1) is 0 Å². The van der Waals surface area contributed by atoms with Crippen LogP contribution in [0.15, 0.2) is 15.8 Å². The van der Waals surface area contributed by atoms with Crippen molar-refractivity contribution in [3.8, 4) is 0 Å².